The molecule has 0 fully saturated rings. The van der Waals surface area contributed by atoms with Crippen LogP contribution < -0.4 is 10.6 Å². The minimum absolute atomic E-state index is 0.108. The third-order valence-corrected chi connectivity index (χ3v) is 6.53. The second-order valence-electron chi connectivity index (χ2n) is 7.61. The molecule has 4 rings (SSSR count). The minimum atomic E-state index is -0.331. The highest BCUT2D eigenvalue weighted by molar-refractivity contribution is 9.11. The lowest BCUT2D eigenvalue weighted by molar-refractivity contribution is -0.118. The Kier molecular flexibility index (Phi) is 4.23. The molecule has 0 radical (unpaired) electrons. The van der Waals surface area contributed by atoms with Gasteiger partial charge in [0.25, 0.3) is 0 Å². The molecule has 1 aromatic heterocycles. The predicted octanol–water partition coefficient (Wildman–Crippen LogP) is 5.12. The molecule has 0 bridgehead atoms. The van der Waals surface area contributed by atoms with Gasteiger partial charge in [-0.15, -0.1) is 0 Å². The molecule has 0 saturated heterocycles. The van der Waals surface area contributed by atoms with Crippen LogP contribution in [-0.2, 0) is 4.79 Å². The summed E-state index contributed by atoms with van der Waals surface area (Å²) in [6.45, 7) is 6.23. The summed E-state index contributed by atoms with van der Waals surface area (Å²) in [5, 5.41) is 14.5. The lowest BCUT2D eigenvalue weighted by Gasteiger charge is -2.34. The molecule has 1 atom stereocenters. The monoisotopic (exact) mass is 480 g/mol. The number of nitrogens with zero attached hydrogens (tertiary/aromatic N) is 2. The number of hydrogen-bond acceptors (Lipinski definition) is 6. The van der Waals surface area contributed by atoms with E-state index >= 15 is 0 Å². The van der Waals surface area contributed by atoms with E-state index < -0.39 is 0 Å². The maximum atomic E-state index is 13.1. The lowest BCUT2D eigenvalue weighted by atomic mass is 9.73. The average molecular weight is 482 g/mol. The molecule has 2 aromatic rings. The number of aromatic nitrogens is 2. The van der Waals surface area contributed by atoms with Crippen molar-refractivity contribution in [3.63, 3.8) is 0 Å². The fourth-order valence-corrected chi connectivity index (χ4v) is 4.80. The summed E-state index contributed by atoms with van der Waals surface area (Å²) in [7, 11) is 0. The van der Waals surface area contributed by atoms with Crippen molar-refractivity contribution in [3.8, 4) is 0 Å². The van der Waals surface area contributed by atoms with Crippen molar-refractivity contribution < 1.29 is 9.42 Å². The standard InChI is InChI=1S/C18H18Br2N4O2/c1-8-10(19)4-9(5-11(8)20)15-14-12(6-18(2,3)7-13(14)25)21-16-17(22-15)24-26-23-16/h4-5,15H,6-7H2,1-3H3,(H,21,23)(H,22,24). The van der Waals surface area contributed by atoms with Gasteiger partial charge in [-0.25, -0.2) is 4.63 Å². The molecule has 26 heavy (non-hydrogen) atoms. The number of Topliss-reactive ketones (excluding diaryl/α,β-unsaturated/α-hetero) is 1. The third kappa shape index (κ3) is 2.99. The zero-order chi connectivity index (χ0) is 18.6. The Balaban J connectivity index is 1.90. The Labute approximate surface area is 168 Å². The van der Waals surface area contributed by atoms with Crippen molar-refractivity contribution in [3.05, 3.63) is 43.5 Å². The first kappa shape index (κ1) is 17.7. The molecule has 1 aromatic carbocycles. The van der Waals surface area contributed by atoms with Crippen molar-refractivity contribution in [2.24, 2.45) is 5.41 Å². The summed E-state index contributed by atoms with van der Waals surface area (Å²) < 4.78 is 6.84. The van der Waals surface area contributed by atoms with Crippen LogP contribution in [0, 0.1) is 12.3 Å². The Morgan fingerprint density at radius 2 is 1.81 bits per heavy atom. The van der Waals surface area contributed by atoms with E-state index in [2.05, 4.69) is 66.7 Å². The van der Waals surface area contributed by atoms with Gasteiger partial charge in [-0.05, 0) is 52.3 Å². The summed E-state index contributed by atoms with van der Waals surface area (Å²) >= 11 is 7.22. The number of rotatable bonds is 1. The van der Waals surface area contributed by atoms with Crippen molar-refractivity contribution in [2.45, 2.75) is 39.7 Å². The van der Waals surface area contributed by atoms with E-state index in [1.165, 1.54) is 0 Å². The summed E-state index contributed by atoms with van der Waals surface area (Å²) in [5.74, 6) is 1.15. The van der Waals surface area contributed by atoms with E-state index in [0.29, 0.717) is 18.1 Å². The Morgan fingerprint density at radius 1 is 1.15 bits per heavy atom. The van der Waals surface area contributed by atoms with E-state index in [1.54, 1.807) is 0 Å². The summed E-state index contributed by atoms with van der Waals surface area (Å²) in [6, 6.07) is 3.74. The number of fused-ring (bicyclic) bond motifs is 1. The van der Waals surface area contributed by atoms with E-state index in [9.17, 15) is 4.79 Å². The minimum Gasteiger partial charge on any atom is -0.353 e. The van der Waals surface area contributed by atoms with Gasteiger partial charge in [-0.1, -0.05) is 45.7 Å². The van der Waals surface area contributed by atoms with Gasteiger partial charge in [0.05, 0.1) is 6.04 Å². The van der Waals surface area contributed by atoms with Gasteiger partial charge in [0, 0.05) is 26.6 Å². The number of carbonyl (C=O) groups is 1. The first-order valence-electron chi connectivity index (χ1n) is 8.33. The van der Waals surface area contributed by atoms with Crippen molar-refractivity contribution in [1.82, 2.24) is 10.3 Å². The third-order valence-electron chi connectivity index (χ3n) is 4.88. The molecule has 0 saturated carbocycles. The molecule has 1 aliphatic heterocycles. The first-order chi connectivity index (χ1) is 12.2. The number of hydrogen-bond donors (Lipinski definition) is 2. The summed E-state index contributed by atoms with van der Waals surface area (Å²) in [4.78, 5) is 13.1. The highest BCUT2D eigenvalue weighted by Crippen LogP contribution is 2.45. The predicted molar refractivity (Wildman–Crippen MR) is 106 cm³/mol. The molecular formula is C18H18Br2N4O2. The molecule has 6 nitrogen and oxygen atoms in total. The van der Waals surface area contributed by atoms with Crippen LogP contribution in [0.15, 0.2) is 37.0 Å². The van der Waals surface area contributed by atoms with Crippen molar-refractivity contribution >= 4 is 49.3 Å². The Hall–Kier alpha value is -1.67. The van der Waals surface area contributed by atoms with Crippen LogP contribution in [0.3, 0.4) is 0 Å². The smallest absolute Gasteiger partial charge is 0.219 e. The van der Waals surface area contributed by atoms with Gasteiger partial charge in [0.1, 0.15) is 0 Å². The maximum absolute atomic E-state index is 13.1. The topological polar surface area (TPSA) is 80.1 Å². The zero-order valence-electron chi connectivity index (χ0n) is 14.6. The number of nitrogens with one attached hydrogen (secondary N) is 2. The number of ketones is 1. The van der Waals surface area contributed by atoms with Gasteiger partial charge in [0.2, 0.25) is 11.6 Å². The van der Waals surface area contributed by atoms with E-state index in [0.717, 1.165) is 37.8 Å². The highest BCUT2D eigenvalue weighted by atomic mass is 79.9. The Bertz CT molecular complexity index is 925. The molecule has 1 aliphatic carbocycles. The molecule has 2 heterocycles. The van der Waals surface area contributed by atoms with Gasteiger partial charge in [-0.3, -0.25) is 4.79 Å². The van der Waals surface area contributed by atoms with Gasteiger partial charge in [0.15, 0.2) is 5.78 Å². The maximum Gasteiger partial charge on any atom is 0.219 e. The van der Waals surface area contributed by atoms with E-state index in [4.69, 9.17) is 4.63 Å². The quantitative estimate of drug-likeness (QED) is 0.588. The number of allylic oxidation sites excluding steroid dienone is 1. The Morgan fingerprint density at radius 3 is 2.50 bits per heavy atom. The van der Waals surface area contributed by atoms with E-state index in [-0.39, 0.29) is 17.2 Å². The molecule has 136 valence electrons. The number of benzene rings is 1. The van der Waals surface area contributed by atoms with Gasteiger partial charge in [-0.2, -0.15) is 0 Å². The van der Waals surface area contributed by atoms with Gasteiger partial charge < -0.3 is 10.6 Å². The van der Waals surface area contributed by atoms with Crippen LogP contribution in [-0.4, -0.2) is 16.1 Å². The van der Waals surface area contributed by atoms with Crippen LogP contribution >= 0.6 is 31.9 Å². The van der Waals surface area contributed by atoms with Crippen LogP contribution in [0.25, 0.3) is 0 Å². The SMILES string of the molecule is Cc1c(Br)cc(C2Nc3nonc3NC3=C2C(=O)CC(C)(C)C3)cc1Br. The first-order valence-corrected chi connectivity index (χ1v) is 9.92. The van der Waals surface area contributed by atoms with E-state index in [1.807, 2.05) is 19.1 Å². The fourth-order valence-electron chi connectivity index (χ4n) is 3.58. The second kappa shape index (κ2) is 6.20. The van der Waals surface area contributed by atoms with Crippen molar-refractivity contribution in [2.75, 3.05) is 10.6 Å². The van der Waals surface area contributed by atoms with Crippen LogP contribution in [0.2, 0.25) is 0 Å². The number of halogens is 2. The number of carbonyl (C=O) groups excluding carboxylic acids is 1. The summed E-state index contributed by atoms with van der Waals surface area (Å²) in [5.41, 5.74) is 3.59. The normalized spacial score (nSPS) is 21.4. The molecule has 0 spiro atoms. The van der Waals surface area contributed by atoms with Crippen LogP contribution in [0.1, 0.15) is 43.9 Å². The molecule has 2 aliphatic rings. The van der Waals surface area contributed by atoms with Gasteiger partial charge >= 0.3 is 0 Å². The molecule has 0 amide bonds. The molecule has 8 heteroatoms. The lowest BCUT2D eigenvalue weighted by Crippen LogP contribution is -2.31. The second-order valence-corrected chi connectivity index (χ2v) is 9.32. The van der Waals surface area contributed by atoms with Crippen LogP contribution in [0.4, 0.5) is 11.6 Å². The van der Waals surface area contributed by atoms with Crippen molar-refractivity contribution in [1.29, 1.82) is 0 Å². The zero-order valence-corrected chi connectivity index (χ0v) is 17.8. The highest BCUT2D eigenvalue weighted by Gasteiger charge is 2.39. The molecular weight excluding hydrogens is 464 g/mol. The number of anilines is 2. The van der Waals surface area contributed by atoms with Crippen LogP contribution in [0.5, 0.6) is 0 Å². The summed E-state index contributed by atoms with van der Waals surface area (Å²) in [6.07, 6.45) is 1.27. The largest absolute Gasteiger partial charge is 0.353 e. The molecule has 1 unspecified atom stereocenters. The molecule has 2 N–H and O–H groups in total. The average Bonchev–Trinajstić information content (AvgIpc) is 2.90. The fraction of sp³-hybridized carbons (Fsp3) is 0.389.